The fourth-order valence-electron chi connectivity index (χ4n) is 1.90. The molecule has 0 fully saturated rings. The van der Waals surface area contributed by atoms with Gasteiger partial charge in [0.25, 0.3) is 0 Å². The summed E-state index contributed by atoms with van der Waals surface area (Å²) < 4.78 is 37.6. The average Bonchev–Trinajstić information content (AvgIpc) is 3.03. The first-order chi connectivity index (χ1) is 11.0. The van der Waals surface area contributed by atoms with E-state index in [1.165, 1.54) is 17.0 Å². The molecule has 7 heteroatoms. The summed E-state index contributed by atoms with van der Waals surface area (Å²) in [6.07, 6.45) is -4.31. The minimum atomic E-state index is -4.31. The molecule has 124 valence electrons. The molecule has 1 aromatic heterocycles. The van der Waals surface area contributed by atoms with E-state index in [0.717, 1.165) is 17.7 Å². The van der Waals surface area contributed by atoms with Crippen LogP contribution in [0.15, 0.2) is 46.8 Å². The maximum Gasteiger partial charge on any atom is 0.416 e. The van der Waals surface area contributed by atoms with Gasteiger partial charge in [-0.15, -0.1) is 11.3 Å². The van der Waals surface area contributed by atoms with E-state index in [1.807, 2.05) is 24.4 Å². The molecule has 1 heterocycles. The van der Waals surface area contributed by atoms with Gasteiger partial charge >= 0.3 is 6.18 Å². The quantitative estimate of drug-likeness (QED) is 0.636. The predicted octanol–water partition coefficient (Wildman–Crippen LogP) is 4.02. The number of thiophene rings is 1. The van der Waals surface area contributed by atoms with Crippen LogP contribution in [-0.4, -0.2) is 12.5 Å². The lowest BCUT2D eigenvalue weighted by molar-refractivity contribution is -0.137. The topological polar surface area (TPSA) is 36.4 Å². The van der Waals surface area contributed by atoms with Gasteiger partial charge in [0.15, 0.2) is 5.96 Å². The van der Waals surface area contributed by atoms with Crippen LogP contribution in [-0.2, 0) is 19.3 Å². The molecule has 0 aliphatic heterocycles. The maximum absolute atomic E-state index is 12.5. The molecule has 3 nitrogen and oxygen atoms in total. The first-order valence-corrected chi connectivity index (χ1v) is 8.07. The van der Waals surface area contributed by atoms with Crippen LogP contribution in [0.4, 0.5) is 13.2 Å². The largest absolute Gasteiger partial charge is 0.416 e. The molecule has 0 bridgehead atoms. The van der Waals surface area contributed by atoms with Crippen molar-refractivity contribution in [2.45, 2.75) is 26.2 Å². The molecule has 0 saturated carbocycles. The van der Waals surface area contributed by atoms with Crippen LogP contribution >= 0.6 is 11.3 Å². The number of alkyl halides is 3. The fraction of sp³-hybridized carbons (Fsp3) is 0.312. The molecule has 0 aliphatic rings. The van der Waals surface area contributed by atoms with Gasteiger partial charge in [0.2, 0.25) is 0 Å². The molecule has 0 atom stereocenters. The van der Waals surface area contributed by atoms with E-state index in [2.05, 4.69) is 15.6 Å². The molecular formula is C16H18F3N3S. The number of nitrogens with one attached hydrogen (secondary N) is 2. The third kappa shape index (κ3) is 5.59. The summed E-state index contributed by atoms with van der Waals surface area (Å²) in [5.74, 6) is 0.640. The van der Waals surface area contributed by atoms with Crippen LogP contribution < -0.4 is 10.6 Å². The smallest absolute Gasteiger partial charge is 0.357 e. The Hall–Kier alpha value is -2.02. The molecule has 0 unspecified atom stereocenters. The standard InChI is InChI=1S/C16H18F3N3S/c1-2-20-15(22-11-14-4-3-9-23-14)21-10-12-5-7-13(8-6-12)16(17,18)19/h3-9H,2,10-11H2,1H3,(H2,20,21,22). The van der Waals surface area contributed by atoms with Gasteiger partial charge in [0.1, 0.15) is 0 Å². The van der Waals surface area contributed by atoms with Crippen molar-refractivity contribution >= 4 is 17.3 Å². The minimum Gasteiger partial charge on any atom is -0.357 e. The Balaban J connectivity index is 1.96. The van der Waals surface area contributed by atoms with E-state index >= 15 is 0 Å². The second kappa shape index (κ2) is 8.01. The van der Waals surface area contributed by atoms with Gasteiger partial charge in [-0.1, -0.05) is 18.2 Å². The zero-order valence-electron chi connectivity index (χ0n) is 12.7. The van der Waals surface area contributed by atoms with Crippen LogP contribution in [0.2, 0.25) is 0 Å². The summed E-state index contributed by atoms with van der Waals surface area (Å²) in [5, 5.41) is 8.32. The lowest BCUT2D eigenvalue weighted by Gasteiger charge is -2.11. The van der Waals surface area contributed by atoms with Gasteiger partial charge in [-0.3, -0.25) is 0 Å². The van der Waals surface area contributed by atoms with Crippen molar-refractivity contribution in [3.05, 3.63) is 57.8 Å². The van der Waals surface area contributed by atoms with Gasteiger partial charge in [-0.2, -0.15) is 13.2 Å². The van der Waals surface area contributed by atoms with E-state index in [0.29, 0.717) is 25.6 Å². The monoisotopic (exact) mass is 341 g/mol. The first kappa shape index (κ1) is 17.3. The Kier molecular flexibility index (Phi) is 6.04. The average molecular weight is 341 g/mol. The van der Waals surface area contributed by atoms with Crippen molar-refractivity contribution < 1.29 is 13.2 Å². The molecular weight excluding hydrogens is 323 g/mol. The van der Waals surface area contributed by atoms with Crippen molar-refractivity contribution in [3.8, 4) is 0 Å². The molecule has 0 amide bonds. The molecule has 2 N–H and O–H groups in total. The summed E-state index contributed by atoms with van der Waals surface area (Å²) >= 11 is 1.65. The summed E-state index contributed by atoms with van der Waals surface area (Å²) in [7, 11) is 0. The van der Waals surface area contributed by atoms with Gasteiger partial charge < -0.3 is 10.6 Å². The van der Waals surface area contributed by atoms with Crippen LogP contribution in [0.25, 0.3) is 0 Å². The third-order valence-corrected chi connectivity index (χ3v) is 3.93. The molecule has 1 aromatic carbocycles. The van der Waals surface area contributed by atoms with Crippen LogP contribution in [0.1, 0.15) is 22.9 Å². The first-order valence-electron chi connectivity index (χ1n) is 7.19. The predicted molar refractivity (Wildman–Crippen MR) is 87.4 cm³/mol. The highest BCUT2D eigenvalue weighted by atomic mass is 32.1. The summed E-state index contributed by atoms with van der Waals surface area (Å²) in [6, 6.07) is 9.07. The molecule has 0 aliphatic carbocycles. The van der Waals surface area contributed by atoms with Crippen molar-refractivity contribution in [1.82, 2.24) is 10.6 Å². The molecule has 2 rings (SSSR count). The fourth-order valence-corrected chi connectivity index (χ4v) is 2.54. The Morgan fingerprint density at radius 3 is 2.43 bits per heavy atom. The number of halogens is 3. The zero-order valence-corrected chi connectivity index (χ0v) is 13.5. The lowest BCUT2D eigenvalue weighted by Crippen LogP contribution is -2.36. The summed E-state index contributed by atoms with van der Waals surface area (Å²) in [5.41, 5.74) is 0.0827. The van der Waals surface area contributed by atoms with Crippen LogP contribution in [0, 0.1) is 0 Å². The second-order valence-corrected chi connectivity index (χ2v) is 5.86. The maximum atomic E-state index is 12.5. The van der Waals surface area contributed by atoms with Crippen molar-refractivity contribution in [2.75, 3.05) is 6.54 Å². The number of rotatable bonds is 5. The van der Waals surface area contributed by atoms with Gasteiger partial charge in [-0.25, -0.2) is 4.99 Å². The summed E-state index contributed by atoms with van der Waals surface area (Å²) in [6.45, 7) is 3.65. The van der Waals surface area contributed by atoms with Crippen LogP contribution in [0.5, 0.6) is 0 Å². The molecule has 0 radical (unpaired) electrons. The highest BCUT2D eigenvalue weighted by Crippen LogP contribution is 2.29. The van der Waals surface area contributed by atoms with Gasteiger partial charge in [0.05, 0.1) is 18.7 Å². The Labute approximate surface area is 137 Å². The third-order valence-electron chi connectivity index (χ3n) is 3.06. The van der Waals surface area contributed by atoms with E-state index in [-0.39, 0.29) is 0 Å². The van der Waals surface area contributed by atoms with E-state index in [9.17, 15) is 13.2 Å². The molecule has 0 saturated heterocycles. The number of nitrogens with zero attached hydrogens (tertiary/aromatic N) is 1. The van der Waals surface area contributed by atoms with Crippen LogP contribution in [0.3, 0.4) is 0 Å². The van der Waals surface area contributed by atoms with E-state index in [1.54, 1.807) is 11.3 Å². The Bertz CT molecular complexity index is 619. The molecule has 23 heavy (non-hydrogen) atoms. The highest BCUT2D eigenvalue weighted by molar-refractivity contribution is 7.09. The number of guanidine groups is 1. The lowest BCUT2D eigenvalue weighted by atomic mass is 10.1. The highest BCUT2D eigenvalue weighted by Gasteiger charge is 2.29. The Morgan fingerprint density at radius 1 is 1.13 bits per heavy atom. The number of hydrogen-bond acceptors (Lipinski definition) is 2. The number of hydrogen-bond donors (Lipinski definition) is 2. The Morgan fingerprint density at radius 2 is 1.87 bits per heavy atom. The van der Waals surface area contributed by atoms with Gasteiger partial charge in [0, 0.05) is 11.4 Å². The van der Waals surface area contributed by atoms with Crippen molar-refractivity contribution in [3.63, 3.8) is 0 Å². The van der Waals surface area contributed by atoms with Crippen molar-refractivity contribution in [1.29, 1.82) is 0 Å². The summed E-state index contributed by atoms with van der Waals surface area (Å²) in [4.78, 5) is 5.58. The van der Waals surface area contributed by atoms with E-state index < -0.39 is 11.7 Å². The normalized spacial score (nSPS) is 12.3. The second-order valence-electron chi connectivity index (χ2n) is 4.82. The molecule has 2 aromatic rings. The van der Waals surface area contributed by atoms with Gasteiger partial charge in [-0.05, 0) is 36.1 Å². The minimum absolute atomic E-state index is 0.317. The van der Waals surface area contributed by atoms with Crippen molar-refractivity contribution in [2.24, 2.45) is 4.99 Å². The SMILES string of the molecule is CCNC(=NCc1ccc(C(F)(F)F)cc1)NCc1cccs1. The number of aliphatic imine (C=N–C) groups is 1. The molecule has 0 spiro atoms. The van der Waals surface area contributed by atoms with E-state index in [4.69, 9.17) is 0 Å². The zero-order chi connectivity index (χ0) is 16.7. The number of benzene rings is 1.